The van der Waals surface area contributed by atoms with E-state index in [0.29, 0.717) is 11.1 Å². The SMILES string of the molecule is C#CC#CC#CC#CC#CC#CC#CC#CC#CC#CC#CC#CC#CC#CC#COc1c(O)cc(C=Cc2cc(C)c(C=Cc3cc(O)c(OC)c(O)c3)cc2C)cc1O. The number of aromatic hydroxyl groups is 4. The minimum absolute atomic E-state index is 0.0155. The van der Waals surface area contributed by atoms with E-state index in [-0.39, 0.29) is 34.5 Å². The zero-order chi connectivity index (χ0) is 43.9. The summed E-state index contributed by atoms with van der Waals surface area (Å²) in [4.78, 5) is 0. The van der Waals surface area contributed by atoms with Crippen LogP contribution in [0.25, 0.3) is 24.3 Å². The molecule has 4 N–H and O–H groups in total. The van der Waals surface area contributed by atoms with E-state index in [1.807, 2.05) is 38.1 Å². The van der Waals surface area contributed by atoms with Crippen LogP contribution in [0.15, 0.2) is 36.4 Å². The first-order valence-electron chi connectivity index (χ1n) is 17.0. The summed E-state index contributed by atoms with van der Waals surface area (Å²) in [7, 11) is 1.37. The first kappa shape index (κ1) is 44.7. The summed E-state index contributed by atoms with van der Waals surface area (Å²) < 4.78 is 10.2. The van der Waals surface area contributed by atoms with Crippen LogP contribution in [0.3, 0.4) is 0 Å². The highest BCUT2D eigenvalue weighted by atomic mass is 16.5. The maximum atomic E-state index is 10.5. The van der Waals surface area contributed by atoms with Crippen LogP contribution in [0.2, 0.25) is 0 Å². The van der Waals surface area contributed by atoms with E-state index in [0.717, 1.165) is 22.3 Å². The fourth-order valence-electron chi connectivity index (χ4n) is 4.26. The summed E-state index contributed by atoms with van der Waals surface area (Å²) in [6.07, 6.45) is 14.5. The van der Waals surface area contributed by atoms with Crippen LogP contribution in [0.1, 0.15) is 33.4 Å². The molecule has 0 heterocycles. The Morgan fingerprint density at radius 2 is 0.672 bits per heavy atom. The Balaban J connectivity index is 1.48. The highest BCUT2D eigenvalue weighted by molar-refractivity contribution is 5.78. The Hall–Kier alpha value is -10.7. The summed E-state index contributed by atoms with van der Waals surface area (Å²) in [6.45, 7) is 3.91. The Morgan fingerprint density at radius 3 is 0.967 bits per heavy atom. The van der Waals surface area contributed by atoms with Gasteiger partial charge in [-0.25, -0.2) is 0 Å². The van der Waals surface area contributed by atoms with E-state index in [1.165, 1.54) is 31.4 Å². The molecule has 6 heteroatoms. The Labute approximate surface area is 356 Å². The molecule has 3 aromatic rings. The first-order chi connectivity index (χ1) is 29.7. The average molecular weight is 781 g/mol. The van der Waals surface area contributed by atoms with Crippen LogP contribution in [-0.2, 0) is 0 Å². The molecule has 0 saturated carbocycles. The number of methoxy groups -OCH3 is 1. The second-order valence-corrected chi connectivity index (χ2v) is 10.9. The van der Waals surface area contributed by atoms with Gasteiger partial charge in [0.1, 0.15) is 6.11 Å². The van der Waals surface area contributed by atoms with Gasteiger partial charge in [-0.15, -0.1) is 6.42 Å². The fourth-order valence-corrected chi connectivity index (χ4v) is 4.26. The van der Waals surface area contributed by atoms with Crippen molar-refractivity contribution < 1.29 is 29.9 Å². The topological polar surface area (TPSA) is 99.4 Å². The Morgan fingerprint density at radius 1 is 0.393 bits per heavy atom. The minimum atomic E-state index is -0.321. The molecule has 61 heavy (non-hydrogen) atoms. The van der Waals surface area contributed by atoms with Gasteiger partial charge in [-0.1, -0.05) is 36.4 Å². The van der Waals surface area contributed by atoms with Crippen LogP contribution < -0.4 is 9.47 Å². The number of hydrogen-bond acceptors (Lipinski definition) is 6. The van der Waals surface area contributed by atoms with Crippen molar-refractivity contribution in [3.63, 3.8) is 0 Å². The molecule has 3 rings (SSSR count). The van der Waals surface area contributed by atoms with Gasteiger partial charge >= 0.3 is 0 Å². The number of phenolic OH excluding ortho intramolecular Hbond substituents is 4. The summed E-state index contributed by atoms with van der Waals surface area (Å²) in [5.41, 5.74) is 4.94. The van der Waals surface area contributed by atoms with Crippen molar-refractivity contribution in [2.24, 2.45) is 0 Å². The molecule has 0 aliphatic carbocycles. The van der Waals surface area contributed by atoms with Gasteiger partial charge in [0.25, 0.3) is 0 Å². The number of aryl methyl sites for hydroxylation is 2. The van der Waals surface area contributed by atoms with Crippen molar-refractivity contribution in [1.82, 2.24) is 0 Å². The third-order valence-electron chi connectivity index (χ3n) is 6.81. The quantitative estimate of drug-likeness (QED) is 0.195. The number of rotatable bonds is 6. The largest absolute Gasteiger partial charge is 0.504 e. The molecular formula is C55H24O6. The number of hydrogen-bond donors (Lipinski definition) is 4. The maximum absolute atomic E-state index is 10.5. The summed E-state index contributed by atoms with van der Waals surface area (Å²) >= 11 is 0. The second-order valence-electron chi connectivity index (χ2n) is 10.9. The molecule has 0 atom stereocenters. The lowest BCUT2D eigenvalue weighted by molar-refractivity contribution is 0.344. The van der Waals surface area contributed by atoms with E-state index in [9.17, 15) is 20.4 Å². The van der Waals surface area contributed by atoms with Gasteiger partial charge in [0.05, 0.1) is 7.11 Å². The minimum Gasteiger partial charge on any atom is -0.504 e. The lowest BCUT2D eigenvalue weighted by Crippen LogP contribution is -1.89. The van der Waals surface area contributed by atoms with Crippen LogP contribution in [0, 0.1) is 192 Å². The maximum Gasteiger partial charge on any atom is 0.223 e. The third-order valence-corrected chi connectivity index (χ3v) is 6.81. The van der Waals surface area contributed by atoms with E-state index >= 15 is 0 Å². The van der Waals surface area contributed by atoms with Gasteiger partial charge in [0.15, 0.2) is 23.0 Å². The van der Waals surface area contributed by atoms with Crippen molar-refractivity contribution in [1.29, 1.82) is 0 Å². The molecule has 0 spiro atoms. The normalized spacial score (nSPS) is 7.84. The van der Waals surface area contributed by atoms with Crippen molar-refractivity contribution in [3.05, 3.63) is 69.8 Å². The summed E-state index contributed by atoms with van der Waals surface area (Å²) in [5, 5.41) is 41.1. The van der Waals surface area contributed by atoms with E-state index < -0.39 is 0 Å². The average Bonchev–Trinajstić information content (AvgIpc) is 3.23. The smallest absolute Gasteiger partial charge is 0.223 e. The number of benzene rings is 3. The monoisotopic (exact) mass is 780 g/mol. The number of phenols is 4. The molecule has 0 aliphatic heterocycles. The number of terminal acetylenes is 1. The molecule has 280 valence electrons. The predicted molar refractivity (Wildman–Crippen MR) is 238 cm³/mol. The molecule has 6 nitrogen and oxygen atoms in total. The zero-order valence-corrected chi connectivity index (χ0v) is 32.5. The summed E-state index contributed by atoms with van der Waals surface area (Å²) in [6, 6.07) is 9.85. The lowest BCUT2D eigenvalue weighted by Gasteiger charge is -2.09. The Kier molecular flexibility index (Phi) is 19.2. The highest BCUT2D eigenvalue weighted by Gasteiger charge is 2.11. The van der Waals surface area contributed by atoms with E-state index in [4.69, 9.17) is 15.9 Å². The van der Waals surface area contributed by atoms with Gasteiger partial charge in [-0.05, 0) is 119 Å². The predicted octanol–water partition coefficient (Wildman–Crippen LogP) is 5.49. The van der Waals surface area contributed by atoms with Gasteiger partial charge in [0, 0.05) is 118 Å². The summed E-state index contributed by atoms with van der Waals surface area (Å²) in [5.74, 6) is 67.7. The third kappa shape index (κ3) is 17.1. The van der Waals surface area contributed by atoms with Gasteiger partial charge in [-0.3, -0.25) is 0 Å². The van der Waals surface area contributed by atoms with Crippen LogP contribution >= 0.6 is 0 Å². The number of ether oxygens (including phenoxy) is 2. The molecule has 0 bridgehead atoms. The molecule has 0 aromatic heterocycles. The van der Waals surface area contributed by atoms with Gasteiger partial charge < -0.3 is 29.9 Å². The Bertz CT molecular complexity index is 3260. The standard InChI is InChI=1S/C55H24O6/c1-5-6-7-8-9-10-11-12-13-14-15-16-17-18-19-20-21-22-23-24-25-26-27-28-29-30-31-32-37-61-55-52(58)42-47(43-53(55)59)34-36-49-39-44(2)48(38-45(49)3)35-33-46-40-50(56)54(60-4)51(57)41-46/h1,33-36,38-43,56-59H,2-4H3. The fraction of sp³-hybridized carbons (Fsp3) is 0.0545. The van der Waals surface area contributed by atoms with E-state index in [1.54, 1.807) is 12.2 Å². The zero-order valence-electron chi connectivity index (χ0n) is 32.5. The lowest BCUT2D eigenvalue weighted by atomic mass is 9.98. The van der Waals surface area contributed by atoms with Crippen LogP contribution in [-0.4, -0.2) is 27.5 Å². The molecule has 0 aliphatic rings. The molecule has 3 aromatic carbocycles. The van der Waals surface area contributed by atoms with Crippen molar-refractivity contribution >= 4 is 24.3 Å². The van der Waals surface area contributed by atoms with Gasteiger partial charge in [-0.2, -0.15) is 0 Å². The molecule has 0 amide bonds. The molecular weight excluding hydrogens is 757 g/mol. The molecule has 0 unspecified atom stereocenters. The van der Waals surface area contributed by atoms with Crippen LogP contribution in [0.4, 0.5) is 0 Å². The molecule has 0 radical (unpaired) electrons. The van der Waals surface area contributed by atoms with E-state index in [2.05, 4.69) is 172 Å². The van der Waals surface area contributed by atoms with Crippen molar-refractivity contribution in [2.75, 3.05) is 7.11 Å². The highest BCUT2D eigenvalue weighted by Crippen LogP contribution is 2.38. The van der Waals surface area contributed by atoms with Crippen LogP contribution in [0.5, 0.6) is 34.5 Å². The van der Waals surface area contributed by atoms with Gasteiger partial charge in [0.2, 0.25) is 11.5 Å². The molecule has 0 saturated heterocycles. The first-order valence-corrected chi connectivity index (χ1v) is 17.0. The molecule has 0 fully saturated rings. The van der Waals surface area contributed by atoms with Crippen molar-refractivity contribution in [3.8, 4) is 213 Å². The second kappa shape index (κ2) is 26.2. The van der Waals surface area contributed by atoms with Crippen molar-refractivity contribution in [2.45, 2.75) is 13.8 Å².